The smallest absolute Gasteiger partial charge is 0.335 e. The molecule has 104 heavy (non-hydrogen) atoms. The predicted octanol–water partition coefficient (Wildman–Crippen LogP) is 19.1. The number of carbonyl (C=O) groups is 3. The lowest BCUT2D eigenvalue weighted by Gasteiger charge is -2.27. The number of nitrogens with one attached hydrogen (secondary N) is 3. The number of ether oxygens (including phenoxy) is 1. The van der Waals surface area contributed by atoms with Gasteiger partial charge in [0.25, 0.3) is 0 Å². The van der Waals surface area contributed by atoms with E-state index in [-0.39, 0.29) is 16.7 Å². The van der Waals surface area contributed by atoms with Crippen LogP contribution in [0.2, 0.25) is 5.02 Å². The third kappa shape index (κ3) is 13.4. The van der Waals surface area contributed by atoms with Crippen molar-refractivity contribution in [2.45, 2.75) is 96.7 Å². The van der Waals surface area contributed by atoms with E-state index in [1.165, 1.54) is 4.88 Å². The van der Waals surface area contributed by atoms with Crippen LogP contribution < -0.4 is 4.74 Å². The second-order valence-corrected chi connectivity index (χ2v) is 29.1. The van der Waals surface area contributed by atoms with E-state index in [4.69, 9.17) is 16.3 Å². The van der Waals surface area contributed by atoms with E-state index >= 15 is 0 Å². The van der Waals surface area contributed by atoms with Crippen molar-refractivity contribution in [3.05, 3.63) is 249 Å². The SMILES string of the molecule is CC(C)(CC#N)c1c(-c2ccc(C(=O)O)cc2)c2cc3[nH]ncc3cc2n1Cc1ccccc1Cl.CC(C)(CC#N)c1c(-c2ccc(C(=O)O)cc2)c2cc3[nH]ncc3cc2n1Cc1cccs1.COc1ccccc1Cn1c(C(C)(C)CC#N)c(-c2ccc(C(=O)O)cc2)c2cc3[nH]ncc3cc21. The Balaban J connectivity index is 0.000000139. The van der Waals surface area contributed by atoms with Crippen LogP contribution in [0, 0.1) is 34.0 Å². The molecule has 15 aromatic rings. The first-order chi connectivity index (χ1) is 50.0. The van der Waals surface area contributed by atoms with Crippen LogP contribution in [0.5, 0.6) is 5.75 Å². The van der Waals surface area contributed by atoms with E-state index in [9.17, 15) is 45.5 Å². The molecule has 6 N–H and O–H groups in total. The lowest BCUT2D eigenvalue weighted by Crippen LogP contribution is -2.23. The predicted molar refractivity (Wildman–Crippen MR) is 408 cm³/mol. The van der Waals surface area contributed by atoms with Gasteiger partial charge in [-0.05, 0) is 119 Å². The zero-order valence-electron chi connectivity index (χ0n) is 58.0. The number of H-pyrrole nitrogens is 3. The summed E-state index contributed by atoms with van der Waals surface area (Å²) >= 11 is 8.27. The Hall–Kier alpha value is -12.5. The molecule has 0 spiro atoms. The van der Waals surface area contributed by atoms with Crippen molar-refractivity contribution in [2.24, 2.45) is 0 Å². The molecule has 0 saturated carbocycles. The van der Waals surface area contributed by atoms with Gasteiger partial charge in [-0.1, -0.05) is 132 Å². The molecule has 19 nitrogen and oxygen atoms in total. The number of aromatic carboxylic acids is 3. The minimum Gasteiger partial charge on any atom is -0.496 e. The molecular weight excluding hydrogens is 1340 g/mol. The average molecular weight is 1420 g/mol. The van der Waals surface area contributed by atoms with Crippen LogP contribution in [0.4, 0.5) is 0 Å². The molecule has 0 aliphatic rings. The summed E-state index contributed by atoms with van der Waals surface area (Å²) in [6.07, 6.45) is 6.39. The summed E-state index contributed by atoms with van der Waals surface area (Å²) in [5, 5.41) is 87.8. The van der Waals surface area contributed by atoms with E-state index in [1.54, 1.807) is 67.2 Å². The van der Waals surface area contributed by atoms with Crippen molar-refractivity contribution >= 4 is 106 Å². The summed E-state index contributed by atoms with van der Waals surface area (Å²) in [6.45, 7) is 14.2. The summed E-state index contributed by atoms with van der Waals surface area (Å²) in [5.74, 6) is -2.10. The number of carboxylic acid groups (broad SMARTS) is 3. The Labute approximate surface area is 607 Å². The van der Waals surface area contributed by atoms with Gasteiger partial charge in [0.15, 0.2) is 0 Å². The lowest BCUT2D eigenvalue weighted by atomic mass is 9.81. The normalized spacial score (nSPS) is 11.7. The Morgan fingerprint density at radius 1 is 0.471 bits per heavy atom. The number of fused-ring (bicyclic) bond motifs is 6. The second-order valence-electron chi connectivity index (χ2n) is 27.7. The molecule has 0 aliphatic carbocycles. The molecule has 0 bridgehead atoms. The van der Waals surface area contributed by atoms with Gasteiger partial charge in [0, 0.05) is 124 Å². The van der Waals surface area contributed by atoms with Gasteiger partial charge in [0.2, 0.25) is 0 Å². The molecule has 0 amide bonds. The van der Waals surface area contributed by atoms with Gasteiger partial charge < -0.3 is 33.8 Å². The molecule has 518 valence electrons. The van der Waals surface area contributed by atoms with Gasteiger partial charge in [-0.25, -0.2) is 14.4 Å². The third-order valence-corrected chi connectivity index (χ3v) is 20.5. The van der Waals surface area contributed by atoms with E-state index in [2.05, 4.69) is 152 Å². The molecule has 0 radical (unpaired) electrons. The molecule has 0 saturated heterocycles. The number of halogens is 1. The van der Waals surface area contributed by atoms with Crippen LogP contribution in [-0.2, 0) is 35.9 Å². The van der Waals surface area contributed by atoms with Crippen molar-refractivity contribution in [3.8, 4) is 57.3 Å². The van der Waals surface area contributed by atoms with E-state index in [0.29, 0.717) is 43.9 Å². The number of aromatic amines is 3. The molecule has 21 heteroatoms. The van der Waals surface area contributed by atoms with Crippen LogP contribution >= 0.6 is 22.9 Å². The maximum Gasteiger partial charge on any atom is 0.335 e. The summed E-state index contributed by atoms with van der Waals surface area (Å²) in [4.78, 5) is 35.6. The summed E-state index contributed by atoms with van der Waals surface area (Å²) < 4.78 is 12.5. The topological polar surface area (TPSA) is 293 Å². The second kappa shape index (κ2) is 28.5. The fourth-order valence-corrected chi connectivity index (χ4v) is 15.3. The maximum absolute atomic E-state index is 11.5. The number of carboxylic acids is 3. The van der Waals surface area contributed by atoms with Crippen molar-refractivity contribution in [1.82, 2.24) is 44.3 Å². The van der Waals surface area contributed by atoms with Crippen molar-refractivity contribution in [3.63, 3.8) is 0 Å². The summed E-state index contributed by atoms with van der Waals surface area (Å²) in [5.41, 5.74) is 15.8. The first kappa shape index (κ1) is 69.9. The highest BCUT2D eigenvalue weighted by molar-refractivity contribution is 7.09. The fourth-order valence-electron chi connectivity index (χ4n) is 14.4. The Bertz CT molecular complexity index is 5930. The standard InChI is InChI=1S/C29H26N4O3.C28H23ClN4O2.C26H22N4O2S/c1-29(2,12-13-30)27-26(18-8-10-19(11-9-18)28(34)35)22-15-23-21(16-31-32-23)14-24(22)33(27)17-20-6-4-5-7-25(20)36-3;1-28(2,11-12-30)26-25(17-7-9-18(10-8-17)27(34)35)21-14-23-20(15-31-32-23)13-24(21)33(26)16-19-5-3-4-6-22(19)29;1-26(2,9-10-27)24-23(16-5-7-17(8-6-16)25(31)32)20-13-21-18(14-28-29-21)12-22(20)30(24)15-19-4-3-11-33-19/h4-11,14-16H,12,17H2,1-3H3,(H,31,32)(H,34,35);3-10,13-15H,11,16H2,1-2H3,(H,31,32)(H,34,35);3-8,11-14H,9,15H2,1-2H3,(H,28,29)(H,31,32). The monoisotopic (exact) mass is 1410 g/mol. The molecule has 0 aliphatic heterocycles. The van der Waals surface area contributed by atoms with Gasteiger partial charge >= 0.3 is 17.9 Å². The van der Waals surface area contributed by atoms with Crippen molar-refractivity contribution < 1.29 is 34.4 Å². The fraction of sp³-hybridized carbons (Fsp3) is 0.193. The number of aromatic nitrogens is 9. The van der Waals surface area contributed by atoms with Gasteiger partial charge in [0.1, 0.15) is 5.75 Å². The number of thiophene rings is 1. The zero-order chi connectivity index (χ0) is 73.4. The molecular formula is C83H71ClN12O7S. The number of rotatable bonds is 19. The molecule has 0 unspecified atom stereocenters. The molecule has 8 aromatic carbocycles. The lowest BCUT2D eigenvalue weighted by molar-refractivity contribution is 0.0686. The number of hydrogen-bond donors (Lipinski definition) is 6. The maximum atomic E-state index is 11.5. The largest absolute Gasteiger partial charge is 0.496 e. The van der Waals surface area contributed by atoms with Crippen LogP contribution in [0.15, 0.2) is 194 Å². The number of hydrogen-bond acceptors (Lipinski definition) is 11. The highest BCUT2D eigenvalue weighted by Crippen LogP contribution is 2.48. The number of methoxy groups -OCH3 is 1. The quantitative estimate of drug-likeness (QED) is 0.0439. The number of para-hydroxylation sites is 1. The van der Waals surface area contributed by atoms with E-state index in [1.807, 2.05) is 97.2 Å². The van der Waals surface area contributed by atoms with Crippen LogP contribution in [0.25, 0.3) is 98.8 Å². The van der Waals surface area contributed by atoms with Gasteiger partial charge in [-0.2, -0.15) is 31.1 Å². The van der Waals surface area contributed by atoms with Crippen LogP contribution in [0.3, 0.4) is 0 Å². The minimum absolute atomic E-state index is 0.224. The van der Waals surface area contributed by atoms with E-state index in [0.717, 1.165) is 133 Å². The van der Waals surface area contributed by atoms with Gasteiger partial charge in [0.05, 0.1) is 107 Å². The number of nitriles is 3. The average Bonchev–Trinajstić information content (AvgIpc) is 1.58. The van der Waals surface area contributed by atoms with Gasteiger partial charge in [-0.3, -0.25) is 15.3 Å². The molecule has 15 rings (SSSR count). The van der Waals surface area contributed by atoms with Gasteiger partial charge in [-0.15, -0.1) is 11.3 Å². The highest BCUT2D eigenvalue weighted by Gasteiger charge is 2.36. The molecule has 0 fully saturated rings. The van der Waals surface area contributed by atoms with Crippen molar-refractivity contribution in [1.29, 1.82) is 15.8 Å². The highest BCUT2D eigenvalue weighted by atomic mass is 35.5. The zero-order valence-corrected chi connectivity index (χ0v) is 59.6. The van der Waals surface area contributed by atoms with Crippen molar-refractivity contribution in [2.75, 3.05) is 7.11 Å². The Kier molecular flexibility index (Phi) is 19.1. The Morgan fingerprint density at radius 3 is 1.15 bits per heavy atom. The molecule has 0 atom stereocenters. The first-order valence-electron chi connectivity index (χ1n) is 33.5. The third-order valence-electron chi connectivity index (χ3n) is 19.3. The molecule has 7 heterocycles. The summed E-state index contributed by atoms with van der Waals surface area (Å²) in [6, 6.07) is 60.4. The van der Waals surface area contributed by atoms with Crippen LogP contribution in [-0.4, -0.2) is 84.6 Å². The first-order valence-corrected chi connectivity index (χ1v) is 34.8. The molecule has 7 aromatic heterocycles. The number of benzene rings is 8. The van der Waals surface area contributed by atoms with E-state index < -0.39 is 34.2 Å². The number of nitrogens with zero attached hydrogens (tertiary/aromatic N) is 9. The minimum atomic E-state index is -0.970. The Morgan fingerprint density at radius 2 is 0.817 bits per heavy atom. The summed E-state index contributed by atoms with van der Waals surface area (Å²) in [7, 11) is 1.66. The van der Waals surface area contributed by atoms with Crippen LogP contribution in [0.1, 0.15) is 125 Å².